The first-order chi connectivity index (χ1) is 11.9. The molecule has 2 heterocycles. The van der Waals surface area contributed by atoms with Crippen LogP contribution >= 0.6 is 24.0 Å². The fourth-order valence-corrected chi connectivity index (χ4v) is 2.96. The summed E-state index contributed by atoms with van der Waals surface area (Å²) in [5, 5.41) is 6.74. The maximum Gasteiger partial charge on any atom is 0.216 e. The second-order valence-corrected chi connectivity index (χ2v) is 8.03. The predicted octanol–water partition coefficient (Wildman–Crippen LogP) is 3.38. The number of nitrogens with zero attached hydrogens (tertiary/aromatic N) is 3. The molecule has 7 heteroatoms. The Labute approximate surface area is 175 Å². The Hall–Kier alpha value is -0.830. The Morgan fingerprint density at radius 3 is 2.58 bits per heavy atom. The van der Waals surface area contributed by atoms with Gasteiger partial charge in [-0.15, -0.1) is 24.0 Å². The van der Waals surface area contributed by atoms with Crippen molar-refractivity contribution < 1.29 is 4.42 Å². The van der Waals surface area contributed by atoms with Gasteiger partial charge in [0.05, 0.1) is 6.20 Å². The monoisotopic (exact) mass is 477 g/mol. The van der Waals surface area contributed by atoms with Crippen LogP contribution in [0.15, 0.2) is 15.6 Å². The number of oxazole rings is 1. The van der Waals surface area contributed by atoms with Crippen LogP contribution in [0.25, 0.3) is 0 Å². The van der Waals surface area contributed by atoms with Crippen molar-refractivity contribution in [3.8, 4) is 0 Å². The number of aliphatic imine (C=N–C) groups is 1. The molecular formula is C19H36IN5O. The molecule has 150 valence electrons. The van der Waals surface area contributed by atoms with Crippen LogP contribution in [-0.2, 0) is 12.0 Å². The van der Waals surface area contributed by atoms with Gasteiger partial charge in [0, 0.05) is 18.5 Å². The topological polar surface area (TPSA) is 65.7 Å². The molecule has 0 radical (unpaired) electrons. The largest absolute Gasteiger partial charge is 0.443 e. The molecular weight excluding hydrogens is 441 g/mol. The van der Waals surface area contributed by atoms with Gasteiger partial charge >= 0.3 is 0 Å². The quantitative estimate of drug-likeness (QED) is 0.374. The minimum Gasteiger partial charge on any atom is -0.443 e. The third kappa shape index (κ3) is 7.82. The molecule has 0 saturated carbocycles. The Morgan fingerprint density at radius 1 is 1.31 bits per heavy atom. The molecule has 0 atom stereocenters. The van der Waals surface area contributed by atoms with Crippen LogP contribution in [0.5, 0.6) is 0 Å². The molecule has 0 unspecified atom stereocenters. The smallest absolute Gasteiger partial charge is 0.216 e. The molecule has 1 aliphatic rings. The van der Waals surface area contributed by atoms with E-state index >= 15 is 0 Å². The molecule has 1 fully saturated rings. The van der Waals surface area contributed by atoms with Crippen LogP contribution in [0.2, 0.25) is 0 Å². The van der Waals surface area contributed by atoms with E-state index in [2.05, 4.69) is 60.3 Å². The normalized spacial score (nSPS) is 17.0. The van der Waals surface area contributed by atoms with Gasteiger partial charge in [-0.2, -0.15) is 0 Å². The second-order valence-electron chi connectivity index (χ2n) is 8.03. The van der Waals surface area contributed by atoms with Gasteiger partial charge in [-0.25, -0.2) is 9.98 Å². The molecule has 0 aliphatic carbocycles. The van der Waals surface area contributed by atoms with Crippen molar-refractivity contribution in [2.75, 3.05) is 33.2 Å². The van der Waals surface area contributed by atoms with Crippen molar-refractivity contribution in [2.45, 2.75) is 58.9 Å². The lowest BCUT2D eigenvalue weighted by molar-refractivity contribution is 0.213. The Bertz CT molecular complexity index is 544. The van der Waals surface area contributed by atoms with E-state index < -0.39 is 0 Å². The van der Waals surface area contributed by atoms with Crippen molar-refractivity contribution in [3.63, 3.8) is 0 Å². The molecule has 26 heavy (non-hydrogen) atoms. The molecule has 0 amide bonds. The number of rotatable bonds is 6. The molecule has 1 aromatic heterocycles. The van der Waals surface area contributed by atoms with E-state index in [4.69, 9.17) is 4.42 Å². The van der Waals surface area contributed by atoms with Crippen molar-refractivity contribution in [1.82, 2.24) is 20.5 Å². The third-order valence-corrected chi connectivity index (χ3v) is 4.69. The first kappa shape index (κ1) is 23.2. The fraction of sp³-hybridized carbons (Fsp3) is 0.789. The van der Waals surface area contributed by atoms with Crippen LogP contribution in [-0.4, -0.2) is 49.1 Å². The summed E-state index contributed by atoms with van der Waals surface area (Å²) in [6.45, 7) is 13.1. The van der Waals surface area contributed by atoms with Gasteiger partial charge in [0.15, 0.2) is 5.96 Å². The summed E-state index contributed by atoms with van der Waals surface area (Å²) < 4.78 is 5.81. The summed E-state index contributed by atoms with van der Waals surface area (Å²) in [6, 6.07) is 0. The highest BCUT2D eigenvalue weighted by molar-refractivity contribution is 14.0. The van der Waals surface area contributed by atoms with E-state index in [-0.39, 0.29) is 29.4 Å². The van der Waals surface area contributed by atoms with Gasteiger partial charge in [0.1, 0.15) is 12.3 Å². The Balaban J connectivity index is 0.00000338. The number of nitrogens with one attached hydrogen (secondary N) is 2. The fourth-order valence-electron chi connectivity index (χ4n) is 2.96. The maximum atomic E-state index is 5.81. The van der Waals surface area contributed by atoms with Gasteiger partial charge in [-0.05, 0) is 52.2 Å². The van der Waals surface area contributed by atoms with Crippen LogP contribution in [0.1, 0.15) is 58.6 Å². The lowest BCUT2D eigenvalue weighted by Gasteiger charge is -2.29. The predicted molar refractivity (Wildman–Crippen MR) is 118 cm³/mol. The molecule has 1 saturated heterocycles. The van der Waals surface area contributed by atoms with Gasteiger partial charge in [-0.3, -0.25) is 0 Å². The number of hydrogen-bond acceptors (Lipinski definition) is 4. The summed E-state index contributed by atoms with van der Waals surface area (Å²) in [5.41, 5.74) is -0.0220. The highest BCUT2D eigenvalue weighted by atomic mass is 127. The van der Waals surface area contributed by atoms with E-state index in [1.807, 2.05) is 6.20 Å². The van der Waals surface area contributed by atoms with Crippen LogP contribution in [0.3, 0.4) is 0 Å². The van der Waals surface area contributed by atoms with E-state index in [9.17, 15) is 0 Å². The van der Waals surface area contributed by atoms with E-state index in [0.717, 1.165) is 30.7 Å². The first-order valence-electron chi connectivity index (χ1n) is 9.54. The highest BCUT2D eigenvalue weighted by Crippen LogP contribution is 2.22. The summed E-state index contributed by atoms with van der Waals surface area (Å²) >= 11 is 0. The summed E-state index contributed by atoms with van der Waals surface area (Å²) in [5.74, 6) is 3.23. The summed E-state index contributed by atoms with van der Waals surface area (Å²) in [7, 11) is 2.21. The summed E-state index contributed by atoms with van der Waals surface area (Å²) in [6.07, 6.45) is 5.62. The number of hydrogen-bond donors (Lipinski definition) is 2. The van der Waals surface area contributed by atoms with Crippen LogP contribution in [0, 0.1) is 5.92 Å². The number of halogens is 1. The van der Waals surface area contributed by atoms with Crippen LogP contribution < -0.4 is 10.6 Å². The third-order valence-electron chi connectivity index (χ3n) is 4.69. The zero-order valence-electron chi connectivity index (χ0n) is 17.0. The second kappa shape index (κ2) is 11.1. The maximum absolute atomic E-state index is 5.81. The molecule has 1 aliphatic heterocycles. The minimum absolute atomic E-state index is 0. The number of likely N-dealkylation sites (tertiary alicyclic amines) is 1. The zero-order chi connectivity index (χ0) is 18.3. The van der Waals surface area contributed by atoms with E-state index in [0.29, 0.717) is 12.4 Å². The lowest BCUT2D eigenvalue weighted by atomic mass is 9.94. The molecule has 1 aromatic rings. The standard InChI is InChI=1S/C19H35N5O.HI/c1-6-20-18(21-10-7-15-8-11-24(5)12-9-15)23-14-17-22-13-16(25-17)19(2,3)4;/h13,15H,6-12,14H2,1-5H3,(H2,20,21,23);1H. The number of aromatic nitrogens is 1. The molecule has 2 rings (SSSR count). The molecule has 6 nitrogen and oxygen atoms in total. The van der Waals surface area contributed by atoms with E-state index in [1.54, 1.807) is 0 Å². The van der Waals surface area contributed by atoms with Crippen molar-refractivity contribution in [3.05, 3.63) is 17.8 Å². The van der Waals surface area contributed by atoms with E-state index in [1.165, 1.54) is 32.4 Å². The Kier molecular flexibility index (Phi) is 9.92. The Morgan fingerprint density at radius 2 is 2.00 bits per heavy atom. The van der Waals surface area contributed by atoms with Crippen molar-refractivity contribution in [1.29, 1.82) is 0 Å². The average molecular weight is 477 g/mol. The van der Waals surface area contributed by atoms with Gasteiger partial charge in [0.25, 0.3) is 0 Å². The highest BCUT2D eigenvalue weighted by Gasteiger charge is 2.19. The number of guanidine groups is 1. The number of piperidine rings is 1. The summed E-state index contributed by atoms with van der Waals surface area (Å²) in [4.78, 5) is 11.4. The SMILES string of the molecule is CCNC(=NCc1ncc(C(C)(C)C)o1)NCCC1CCN(C)CC1.I. The van der Waals surface area contributed by atoms with Gasteiger partial charge in [-0.1, -0.05) is 20.8 Å². The van der Waals surface area contributed by atoms with Gasteiger partial charge < -0.3 is 20.0 Å². The molecule has 0 spiro atoms. The molecule has 0 bridgehead atoms. The van der Waals surface area contributed by atoms with Crippen molar-refractivity contribution >= 4 is 29.9 Å². The minimum atomic E-state index is -0.0220. The van der Waals surface area contributed by atoms with Crippen LogP contribution in [0.4, 0.5) is 0 Å². The average Bonchev–Trinajstić information content (AvgIpc) is 3.04. The van der Waals surface area contributed by atoms with Gasteiger partial charge in [0.2, 0.25) is 5.89 Å². The molecule has 2 N–H and O–H groups in total. The molecule has 0 aromatic carbocycles. The van der Waals surface area contributed by atoms with Crippen molar-refractivity contribution in [2.24, 2.45) is 10.9 Å². The lowest BCUT2D eigenvalue weighted by Crippen LogP contribution is -2.39. The first-order valence-corrected chi connectivity index (χ1v) is 9.54. The zero-order valence-corrected chi connectivity index (χ0v) is 19.3.